The molecule has 0 fully saturated rings. The first-order valence-corrected chi connectivity index (χ1v) is 26.3. The zero-order valence-corrected chi connectivity index (χ0v) is 39.9. The Balaban J connectivity index is 0.000000120. The quantitative estimate of drug-likeness (QED) is 0.168. The molecule has 0 spiro atoms. The Bertz CT molecular complexity index is 4830. The van der Waals surface area contributed by atoms with Crippen molar-refractivity contribution in [2.45, 2.75) is 19.3 Å². The molecule has 15 aromatic rings. The Morgan fingerprint density at radius 3 is 1.81 bits per heavy atom. The number of hydrogen-bond acceptors (Lipinski definition) is 4. The molecule has 11 aromatic carbocycles. The molecule has 0 atom stereocenters. The summed E-state index contributed by atoms with van der Waals surface area (Å²) < 4.78 is 14.7. The number of fused-ring (bicyclic) bond motifs is 5. The van der Waals surface area contributed by atoms with E-state index >= 15 is 0 Å². The van der Waals surface area contributed by atoms with E-state index in [9.17, 15) is 0 Å². The van der Waals surface area contributed by atoms with Gasteiger partial charge in [0.05, 0.1) is 0 Å². The number of rotatable bonds is 2. The van der Waals surface area contributed by atoms with Crippen LogP contribution in [0.25, 0.3) is 160 Å². The van der Waals surface area contributed by atoms with E-state index in [2.05, 4.69) is 196 Å². The van der Waals surface area contributed by atoms with Crippen LogP contribution in [0.4, 0.5) is 0 Å². The molecule has 0 N–H and O–H groups in total. The van der Waals surface area contributed by atoms with Gasteiger partial charge in [-0.15, -0.1) is 34.0 Å². The smallest absolute Gasteiger partial charge is 0.136 e. The molecule has 0 unspecified atom stereocenters. The summed E-state index contributed by atoms with van der Waals surface area (Å²) in [5.74, 6) is 0. The van der Waals surface area contributed by atoms with E-state index in [1.54, 1.807) is 0 Å². The van der Waals surface area contributed by atoms with Gasteiger partial charge in [-0.3, -0.25) is 0 Å². The second-order valence-corrected chi connectivity index (χ2v) is 23.0. The minimum Gasteiger partial charge on any atom is -0.456 e. The average Bonchev–Trinajstić information content (AvgIpc) is 4.18. The highest BCUT2D eigenvalue weighted by Gasteiger charge is 2.41. The lowest BCUT2D eigenvalue weighted by Gasteiger charge is -2.23. The summed E-state index contributed by atoms with van der Waals surface area (Å²) in [4.78, 5) is 0. The minimum absolute atomic E-state index is 0.0971. The lowest BCUT2D eigenvalue weighted by atomic mass is 9.80. The van der Waals surface area contributed by atoms with Gasteiger partial charge in [0.2, 0.25) is 0 Å². The molecule has 4 aromatic heterocycles. The predicted molar refractivity (Wildman–Crippen MR) is 300 cm³/mol. The lowest BCUT2D eigenvalue weighted by molar-refractivity contribution is 0.661. The van der Waals surface area contributed by atoms with E-state index in [-0.39, 0.29) is 5.41 Å². The second kappa shape index (κ2) is 12.9. The average molecular weight is 929 g/mol. The van der Waals surface area contributed by atoms with Crippen molar-refractivity contribution in [3.05, 3.63) is 193 Å². The first-order chi connectivity index (χ1) is 34.0. The van der Waals surface area contributed by atoms with Gasteiger partial charge in [0.1, 0.15) is 11.2 Å². The normalized spacial score (nSPS) is 13.8. The van der Waals surface area contributed by atoms with Gasteiger partial charge in [-0.1, -0.05) is 129 Å². The standard InChI is InChI=1S/C37H22OS.C28H14S2/c1-37(2)26-13-10-19-11-14-29-36-32(19)35(26)33-25(23-7-5-8-28(38-29)34(23)36)17-21(18-27(33)37)20-12-15-31-24(16-20)22-6-3-4-9-30(22)39-31;1-2-6-15(7-3-1)19-14-23-28-25-17(9-5-11-21(25)30-23)16-8-4-10-20-24(16)27-22(29-20)13-12-18(19)26(27)28/h3-18H,1-2H3;1-14H. The van der Waals surface area contributed by atoms with Crippen LogP contribution >= 0.6 is 34.0 Å². The topological polar surface area (TPSA) is 13.1 Å². The maximum atomic E-state index is 6.45. The van der Waals surface area contributed by atoms with Crippen LogP contribution in [0, 0.1) is 0 Å². The largest absolute Gasteiger partial charge is 0.456 e. The van der Waals surface area contributed by atoms with Crippen LogP contribution in [0.3, 0.4) is 0 Å². The molecule has 18 rings (SSSR count). The minimum atomic E-state index is -0.0971. The summed E-state index contributed by atoms with van der Waals surface area (Å²) in [6, 6.07) is 67.9. The lowest BCUT2D eigenvalue weighted by Crippen LogP contribution is -2.15. The number of thiophene rings is 3. The van der Waals surface area contributed by atoms with Crippen molar-refractivity contribution < 1.29 is 4.42 Å². The Morgan fingerprint density at radius 2 is 0.971 bits per heavy atom. The van der Waals surface area contributed by atoms with Gasteiger partial charge >= 0.3 is 0 Å². The van der Waals surface area contributed by atoms with Gasteiger partial charge in [0.25, 0.3) is 0 Å². The van der Waals surface area contributed by atoms with E-state index in [0.29, 0.717) is 0 Å². The molecule has 0 radical (unpaired) electrons. The van der Waals surface area contributed by atoms with E-state index in [1.165, 1.54) is 160 Å². The third-order valence-corrected chi connectivity index (χ3v) is 19.4. The number of furan rings is 1. The molecule has 0 saturated carbocycles. The Kier molecular flexibility index (Phi) is 7.00. The predicted octanol–water partition coefficient (Wildman–Crippen LogP) is 20.3. The highest BCUT2D eigenvalue weighted by atomic mass is 32.1. The fourth-order valence-electron chi connectivity index (χ4n) is 13.0. The molecule has 0 aliphatic heterocycles. The zero-order chi connectivity index (χ0) is 45.0. The van der Waals surface area contributed by atoms with Gasteiger partial charge < -0.3 is 4.42 Å². The van der Waals surface area contributed by atoms with Crippen LogP contribution in [0.5, 0.6) is 0 Å². The second-order valence-electron chi connectivity index (χ2n) is 19.8. The van der Waals surface area contributed by atoms with Gasteiger partial charge in [-0.25, -0.2) is 0 Å². The summed E-state index contributed by atoms with van der Waals surface area (Å²) in [6.07, 6.45) is 0. The van der Waals surface area contributed by atoms with Crippen molar-refractivity contribution >= 4 is 138 Å². The van der Waals surface area contributed by atoms with Crippen LogP contribution in [0.2, 0.25) is 0 Å². The van der Waals surface area contributed by atoms with Crippen molar-refractivity contribution in [3.63, 3.8) is 0 Å². The van der Waals surface area contributed by atoms with Gasteiger partial charge in [0, 0.05) is 87.5 Å². The molecule has 69 heavy (non-hydrogen) atoms. The monoisotopic (exact) mass is 928 g/mol. The third-order valence-electron chi connectivity index (χ3n) is 16.0. The van der Waals surface area contributed by atoms with Crippen molar-refractivity contribution in [3.8, 4) is 55.6 Å². The summed E-state index contributed by atoms with van der Waals surface area (Å²) >= 11 is 5.74. The molecule has 3 aliphatic carbocycles. The van der Waals surface area contributed by atoms with Crippen LogP contribution < -0.4 is 0 Å². The number of hydrogen-bond donors (Lipinski definition) is 0. The zero-order valence-electron chi connectivity index (χ0n) is 37.5. The molecular formula is C65H36OS3. The van der Waals surface area contributed by atoms with E-state index in [0.717, 1.165) is 11.2 Å². The van der Waals surface area contributed by atoms with Crippen LogP contribution in [0.1, 0.15) is 25.0 Å². The molecule has 0 bridgehead atoms. The summed E-state index contributed by atoms with van der Waals surface area (Å²) in [5.41, 5.74) is 18.0. The molecule has 0 amide bonds. The molecule has 4 heteroatoms. The van der Waals surface area contributed by atoms with Crippen molar-refractivity contribution in [1.29, 1.82) is 0 Å². The molecule has 0 saturated heterocycles. The maximum Gasteiger partial charge on any atom is 0.136 e. The molecule has 4 heterocycles. The van der Waals surface area contributed by atoms with E-state index in [1.807, 2.05) is 34.0 Å². The van der Waals surface area contributed by atoms with Crippen molar-refractivity contribution in [1.82, 2.24) is 0 Å². The highest BCUT2D eigenvalue weighted by molar-refractivity contribution is 7.27. The summed E-state index contributed by atoms with van der Waals surface area (Å²) in [5, 5.41) is 16.4. The Hall–Kier alpha value is -7.60. The van der Waals surface area contributed by atoms with Crippen LogP contribution in [0.15, 0.2) is 186 Å². The van der Waals surface area contributed by atoms with Crippen molar-refractivity contribution in [2.24, 2.45) is 0 Å². The fourth-order valence-corrected chi connectivity index (χ4v) is 16.4. The summed E-state index contributed by atoms with van der Waals surface area (Å²) in [7, 11) is 0. The first-order valence-electron chi connectivity index (χ1n) is 23.8. The molecule has 320 valence electrons. The van der Waals surface area contributed by atoms with Crippen LogP contribution in [-0.2, 0) is 5.41 Å². The van der Waals surface area contributed by atoms with E-state index < -0.39 is 0 Å². The Morgan fingerprint density at radius 1 is 0.319 bits per heavy atom. The summed E-state index contributed by atoms with van der Waals surface area (Å²) in [6.45, 7) is 4.79. The fraction of sp³-hybridized carbons (Fsp3) is 0.0462. The third kappa shape index (κ3) is 4.70. The molecule has 1 nitrogen and oxygen atoms in total. The van der Waals surface area contributed by atoms with Gasteiger partial charge in [-0.2, -0.15) is 0 Å². The SMILES string of the molecule is CC1(C)c2cc(-c3ccc4sc5ccccc5c4c3)cc3c2-c2c1ccc1ccc4oc5cccc-3c5c4c21.c1ccc(-c2cc3sc4cccc5c4c3c3c2ccc2sc4cccc-5c4c23)cc1. The Labute approximate surface area is 407 Å². The maximum absolute atomic E-state index is 6.45. The van der Waals surface area contributed by atoms with Gasteiger partial charge in [-0.05, 0) is 144 Å². The first kappa shape index (κ1) is 37.4. The highest BCUT2D eigenvalue weighted by Crippen LogP contribution is 2.60. The van der Waals surface area contributed by atoms with Crippen LogP contribution in [-0.4, -0.2) is 0 Å². The number of benzene rings is 11. The molecule has 3 aliphatic rings. The van der Waals surface area contributed by atoms with Gasteiger partial charge in [0.15, 0.2) is 0 Å². The van der Waals surface area contributed by atoms with Crippen molar-refractivity contribution in [2.75, 3.05) is 0 Å². The molecular weight excluding hydrogens is 893 g/mol. The van der Waals surface area contributed by atoms with E-state index in [4.69, 9.17) is 4.42 Å².